The molecule has 0 saturated carbocycles. The van der Waals surface area contributed by atoms with Crippen molar-refractivity contribution in [3.8, 4) is 5.75 Å². The van der Waals surface area contributed by atoms with Gasteiger partial charge in [-0.15, -0.1) is 0 Å². The molecule has 0 unspecified atom stereocenters. The Kier molecular flexibility index (Phi) is 4.32. The van der Waals surface area contributed by atoms with E-state index in [0.29, 0.717) is 0 Å². The van der Waals surface area contributed by atoms with Crippen LogP contribution in [0.2, 0.25) is 0 Å². The molecule has 144 valence electrons. The van der Waals surface area contributed by atoms with Crippen molar-refractivity contribution in [1.29, 1.82) is 0 Å². The number of hydrogen-bond donors (Lipinski definition) is 0. The van der Waals surface area contributed by atoms with Crippen LogP contribution in [0.25, 0.3) is 0 Å². The largest absolute Gasteiger partial charge is 0.464 e. The first-order valence-corrected chi connectivity index (χ1v) is 10.0. The molecule has 0 radical (unpaired) electrons. The molecule has 6 nitrogen and oxygen atoms in total. The predicted octanol–water partition coefficient (Wildman–Crippen LogP) is 5.60. The van der Waals surface area contributed by atoms with E-state index in [0.717, 1.165) is 39.0 Å². The van der Waals surface area contributed by atoms with Crippen LogP contribution in [0.5, 0.6) is 5.75 Å². The molecule has 0 saturated heterocycles. The number of nitro benzene ring substituents is 1. The van der Waals surface area contributed by atoms with E-state index in [2.05, 4.69) is 34.1 Å². The summed E-state index contributed by atoms with van der Waals surface area (Å²) in [4.78, 5) is 10.6. The minimum Gasteiger partial charge on any atom is -0.464 e. The fourth-order valence-electron chi connectivity index (χ4n) is 3.84. The Morgan fingerprint density at radius 2 is 1.83 bits per heavy atom. The van der Waals surface area contributed by atoms with Gasteiger partial charge in [0.25, 0.3) is 5.69 Å². The van der Waals surface area contributed by atoms with E-state index in [1.165, 1.54) is 12.1 Å². The predicted molar refractivity (Wildman–Crippen MR) is 113 cm³/mol. The van der Waals surface area contributed by atoms with E-state index in [1.807, 2.05) is 35.3 Å². The number of nitrogens with zero attached hydrogens (tertiary/aromatic N) is 3. The van der Waals surface area contributed by atoms with Crippen LogP contribution in [0.3, 0.4) is 0 Å². The van der Waals surface area contributed by atoms with E-state index < -0.39 is 11.2 Å². The minimum atomic E-state index is -0.448. The molecular formula is C22H16BrN3O3. The standard InChI is InChI=1S/C22H16BrN3O3/c23-16-8-11-21-18(12-16)20-13-19(14-4-2-1-3-5-14)24-25(20)22(29-21)15-6-9-17(10-7-15)26(27)28/h1-12,20,22H,13H2/t20-,22+/m0/s1. The number of non-ortho nitro benzene ring substituents is 1. The number of hydrogen-bond acceptors (Lipinski definition) is 5. The van der Waals surface area contributed by atoms with E-state index in [-0.39, 0.29) is 11.7 Å². The van der Waals surface area contributed by atoms with Crippen molar-refractivity contribution in [3.05, 3.63) is 104 Å². The molecule has 2 heterocycles. The zero-order chi connectivity index (χ0) is 20.0. The van der Waals surface area contributed by atoms with Crippen LogP contribution >= 0.6 is 15.9 Å². The van der Waals surface area contributed by atoms with Crippen LogP contribution in [0.4, 0.5) is 5.69 Å². The Bertz CT molecular complexity index is 1120. The molecule has 0 amide bonds. The Balaban J connectivity index is 1.58. The molecular weight excluding hydrogens is 434 g/mol. The third-order valence-corrected chi connectivity index (χ3v) is 5.74. The van der Waals surface area contributed by atoms with Crippen molar-refractivity contribution in [1.82, 2.24) is 5.01 Å². The second-order valence-electron chi connectivity index (χ2n) is 7.01. The van der Waals surface area contributed by atoms with Gasteiger partial charge in [0.05, 0.1) is 16.7 Å². The number of fused-ring (bicyclic) bond motifs is 3. The van der Waals surface area contributed by atoms with Gasteiger partial charge in [0.2, 0.25) is 6.23 Å². The van der Waals surface area contributed by atoms with Gasteiger partial charge in [0, 0.05) is 34.2 Å². The maximum Gasteiger partial charge on any atom is 0.269 e. The van der Waals surface area contributed by atoms with Gasteiger partial charge < -0.3 is 4.74 Å². The highest BCUT2D eigenvalue weighted by Gasteiger charge is 2.41. The molecule has 0 spiro atoms. The molecule has 2 aliphatic heterocycles. The van der Waals surface area contributed by atoms with Gasteiger partial charge in [-0.1, -0.05) is 46.3 Å². The van der Waals surface area contributed by atoms with E-state index in [4.69, 9.17) is 9.84 Å². The Morgan fingerprint density at radius 1 is 1.07 bits per heavy atom. The molecule has 29 heavy (non-hydrogen) atoms. The molecule has 0 fully saturated rings. The molecule has 7 heteroatoms. The first-order valence-electron chi connectivity index (χ1n) is 9.22. The van der Waals surface area contributed by atoms with Gasteiger partial charge >= 0.3 is 0 Å². The van der Waals surface area contributed by atoms with Gasteiger partial charge in [-0.05, 0) is 35.9 Å². The van der Waals surface area contributed by atoms with E-state index in [9.17, 15) is 10.1 Å². The molecule has 2 atom stereocenters. The van der Waals surface area contributed by atoms with Gasteiger partial charge in [0.15, 0.2) is 0 Å². The van der Waals surface area contributed by atoms with Gasteiger partial charge in [0.1, 0.15) is 5.75 Å². The summed E-state index contributed by atoms with van der Waals surface area (Å²) < 4.78 is 7.29. The van der Waals surface area contributed by atoms with Crippen molar-refractivity contribution in [2.45, 2.75) is 18.7 Å². The number of halogens is 1. The first kappa shape index (κ1) is 17.9. The number of rotatable bonds is 3. The lowest BCUT2D eigenvalue weighted by molar-refractivity contribution is -0.384. The number of hydrazone groups is 1. The van der Waals surface area contributed by atoms with Gasteiger partial charge in [-0.2, -0.15) is 5.10 Å². The summed E-state index contributed by atoms with van der Waals surface area (Å²) in [6.45, 7) is 0. The van der Waals surface area contributed by atoms with Crippen molar-refractivity contribution in [3.63, 3.8) is 0 Å². The summed E-state index contributed by atoms with van der Waals surface area (Å²) in [6.07, 6.45) is 0.316. The fraction of sp³-hybridized carbons (Fsp3) is 0.136. The third kappa shape index (κ3) is 3.17. The van der Waals surface area contributed by atoms with Crippen molar-refractivity contribution >= 4 is 27.3 Å². The first-order chi connectivity index (χ1) is 14.1. The highest BCUT2D eigenvalue weighted by atomic mass is 79.9. The lowest BCUT2D eigenvalue weighted by Gasteiger charge is -2.38. The summed E-state index contributed by atoms with van der Waals surface area (Å²) in [5, 5.41) is 17.9. The minimum absolute atomic E-state index is 0.0339. The van der Waals surface area contributed by atoms with Crippen LogP contribution in [0.1, 0.15) is 35.4 Å². The highest BCUT2D eigenvalue weighted by molar-refractivity contribution is 9.10. The van der Waals surface area contributed by atoms with E-state index >= 15 is 0 Å². The van der Waals surface area contributed by atoms with Crippen molar-refractivity contribution in [2.24, 2.45) is 5.10 Å². The number of ether oxygens (including phenoxy) is 1. The van der Waals surface area contributed by atoms with Gasteiger partial charge in [-0.25, -0.2) is 5.01 Å². The van der Waals surface area contributed by atoms with Crippen LogP contribution in [-0.2, 0) is 0 Å². The SMILES string of the molecule is O=[N+]([O-])c1ccc([C@H]2Oc3ccc(Br)cc3[C@@H]3CC(c4ccccc4)=NN23)cc1. The zero-order valence-corrected chi connectivity index (χ0v) is 16.8. The van der Waals surface area contributed by atoms with Crippen molar-refractivity contribution in [2.75, 3.05) is 0 Å². The molecule has 0 N–H and O–H groups in total. The topological polar surface area (TPSA) is 68.0 Å². The highest BCUT2D eigenvalue weighted by Crippen LogP contribution is 2.48. The molecule has 0 bridgehead atoms. The maximum atomic E-state index is 11.0. The zero-order valence-electron chi connectivity index (χ0n) is 15.2. The summed E-state index contributed by atoms with van der Waals surface area (Å²) in [7, 11) is 0. The summed E-state index contributed by atoms with van der Waals surface area (Å²) in [5.74, 6) is 0.808. The second kappa shape index (κ2) is 7.00. The van der Waals surface area contributed by atoms with Crippen LogP contribution < -0.4 is 4.74 Å². The molecule has 5 rings (SSSR count). The van der Waals surface area contributed by atoms with Crippen LogP contribution in [-0.4, -0.2) is 15.6 Å². The smallest absolute Gasteiger partial charge is 0.269 e. The van der Waals surface area contributed by atoms with Crippen molar-refractivity contribution < 1.29 is 9.66 Å². The maximum absolute atomic E-state index is 11.0. The Labute approximate surface area is 175 Å². The summed E-state index contributed by atoms with van der Waals surface area (Å²) in [5.41, 5.74) is 4.04. The molecule has 0 aromatic heterocycles. The van der Waals surface area contributed by atoms with Crippen LogP contribution in [0.15, 0.2) is 82.4 Å². The lowest BCUT2D eigenvalue weighted by Crippen LogP contribution is -2.33. The van der Waals surface area contributed by atoms with E-state index in [1.54, 1.807) is 12.1 Å². The molecule has 3 aromatic rings. The average molecular weight is 450 g/mol. The normalized spacial score (nSPS) is 19.8. The lowest BCUT2D eigenvalue weighted by atomic mass is 9.96. The quantitative estimate of drug-likeness (QED) is 0.385. The average Bonchev–Trinajstić information content (AvgIpc) is 3.20. The van der Waals surface area contributed by atoms with Crippen LogP contribution in [0, 0.1) is 10.1 Å². The Hall–Kier alpha value is -3.19. The second-order valence-corrected chi connectivity index (χ2v) is 7.93. The summed E-state index contributed by atoms with van der Waals surface area (Å²) in [6, 6.07) is 22.6. The number of benzene rings is 3. The summed E-state index contributed by atoms with van der Waals surface area (Å²) >= 11 is 3.55. The molecule has 3 aromatic carbocycles. The van der Waals surface area contributed by atoms with Gasteiger partial charge in [-0.3, -0.25) is 10.1 Å². The Morgan fingerprint density at radius 3 is 2.55 bits per heavy atom. The number of nitro groups is 1. The molecule has 0 aliphatic carbocycles. The fourth-order valence-corrected chi connectivity index (χ4v) is 4.22. The molecule has 2 aliphatic rings. The third-order valence-electron chi connectivity index (χ3n) is 5.25. The monoisotopic (exact) mass is 449 g/mol.